The topological polar surface area (TPSA) is 363 Å². The minimum absolute atomic E-state index is 0.125. The molecule has 0 spiro atoms. The SMILES string of the molecule is C=Cc1ccccc1C(O)CN(CCNC(CC(=O)O)C(=O)O)CCC(=O)O.C=Cc1ccccc1C(O)CN(CCNC(CC(=O)O)C(=O)O)CCC(=O)O.O=C=O.O=C=O. The van der Waals surface area contributed by atoms with Gasteiger partial charge >= 0.3 is 48.1 Å². The van der Waals surface area contributed by atoms with Crippen molar-refractivity contribution in [2.45, 2.75) is 50.0 Å². The van der Waals surface area contributed by atoms with Crippen molar-refractivity contribution in [3.8, 4) is 0 Å². The molecule has 2 aromatic carbocycles. The lowest BCUT2D eigenvalue weighted by Gasteiger charge is -2.26. The lowest BCUT2D eigenvalue weighted by molar-refractivity contribution is -0.193. The first kappa shape index (κ1) is 57.4. The van der Waals surface area contributed by atoms with Gasteiger partial charge in [-0.3, -0.25) is 38.6 Å². The first-order valence-electron chi connectivity index (χ1n) is 18.3. The molecule has 2 aromatic rings. The molecule has 4 unspecified atom stereocenters. The number of carboxylic acids is 6. The van der Waals surface area contributed by atoms with Gasteiger partial charge in [0, 0.05) is 52.4 Å². The van der Waals surface area contributed by atoms with Crippen LogP contribution in [0.15, 0.2) is 61.7 Å². The van der Waals surface area contributed by atoms with Gasteiger partial charge in [-0.15, -0.1) is 0 Å². The molecule has 10 N–H and O–H groups in total. The molecule has 0 aliphatic rings. The molecule has 2 rings (SSSR count). The van der Waals surface area contributed by atoms with E-state index in [1.807, 2.05) is 12.1 Å². The van der Waals surface area contributed by atoms with Crippen molar-refractivity contribution in [2.75, 3.05) is 52.4 Å². The molecule has 0 heterocycles. The number of aliphatic hydroxyl groups excluding tert-OH is 2. The number of nitrogens with one attached hydrogen (secondary N) is 2. The molecule has 62 heavy (non-hydrogen) atoms. The highest BCUT2D eigenvalue weighted by atomic mass is 16.4. The maximum Gasteiger partial charge on any atom is 0.373 e. The van der Waals surface area contributed by atoms with Crippen molar-refractivity contribution in [1.82, 2.24) is 20.4 Å². The Hall–Kier alpha value is -6.74. The predicted molar refractivity (Wildman–Crippen MR) is 214 cm³/mol. The van der Waals surface area contributed by atoms with Crippen LogP contribution in [0, 0.1) is 0 Å². The van der Waals surface area contributed by atoms with E-state index >= 15 is 0 Å². The maximum absolute atomic E-state index is 11.1. The van der Waals surface area contributed by atoms with E-state index in [4.69, 9.17) is 49.8 Å². The van der Waals surface area contributed by atoms with Crippen LogP contribution in [-0.2, 0) is 47.9 Å². The van der Waals surface area contributed by atoms with Gasteiger partial charge in [0.2, 0.25) is 0 Å². The Balaban J connectivity index is 0. The average Bonchev–Trinajstić information content (AvgIpc) is 3.21. The second-order valence-corrected chi connectivity index (χ2v) is 12.6. The highest BCUT2D eigenvalue weighted by Gasteiger charge is 2.23. The molecular weight excluding hydrogens is 824 g/mol. The van der Waals surface area contributed by atoms with Crippen LogP contribution in [0.3, 0.4) is 0 Å². The normalized spacial score (nSPS) is 12.1. The zero-order valence-corrected chi connectivity index (χ0v) is 33.5. The second kappa shape index (κ2) is 34.0. The van der Waals surface area contributed by atoms with Gasteiger partial charge in [-0.1, -0.05) is 73.8 Å². The smallest absolute Gasteiger partial charge is 0.373 e. The molecule has 0 fully saturated rings. The summed E-state index contributed by atoms with van der Waals surface area (Å²) in [6.07, 6.45) is 0.519. The molecule has 0 bridgehead atoms. The standard InChI is InChI=1S/2C19H26N2O7.2CO2/c2*1-2-13-5-3-4-6-14(13)16(22)12-21(9-7-17(23)24)10-8-20-15(19(27)28)11-18(25)26;2*2-1-3/h2*2-6,15-16,20,22H,1,7-12H2,(H,23,24)(H,25,26)(H,27,28);;. The molecule has 0 aliphatic carbocycles. The van der Waals surface area contributed by atoms with Crippen molar-refractivity contribution >= 4 is 60.3 Å². The maximum atomic E-state index is 11.1. The van der Waals surface area contributed by atoms with E-state index in [9.17, 15) is 39.0 Å². The monoisotopic (exact) mass is 876 g/mol. The van der Waals surface area contributed by atoms with Gasteiger partial charge in [0.15, 0.2) is 0 Å². The predicted octanol–water partition coefficient (Wildman–Crippen LogP) is 0.147. The van der Waals surface area contributed by atoms with Crippen molar-refractivity contribution < 1.29 is 88.8 Å². The number of hydrogen-bond donors (Lipinski definition) is 10. The summed E-state index contributed by atoms with van der Waals surface area (Å²) in [6.45, 7) is 8.72. The summed E-state index contributed by atoms with van der Waals surface area (Å²) in [5.74, 6) is -7.02. The van der Waals surface area contributed by atoms with Crippen LogP contribution in [0.5, 0.6) is 0 Å². The minimum Gasteiger partial charge on any atom is -0.481 e. The van der Waals surface area contributed by atoms with Crippen molar-refractivity contribution in [3.05, 3.63) is 83.9 Å². The van der Waals surface area contributed by atoms with Crippen molar-refractivity contribution in [1.29, 1.82) is 0 Å². The molecule has 22 heteroatoms. The van der Waals surface area contributed by atoms with Crippen LogP contribution in [-0.4, -0.2) is 163 Å². The van der Waals surface area contributed by atoms with E-state index in [1.54, 1.807) is 58.4 Å². The molecule has 4 atom stereocenters. The zero-order chi connectivity index (χ0) is 47.6. The zero-order valence-electron chi connectivity index (χ0n) is 33.5. The van der Waals surface area contributed by atoms with Crippen molar-refractivity contribution in [3.63, 3.8) is 0 Å². The summed E-state index contributed by atoms with van der Waals surface area (Å²) in [5.41, 5.74) is 2.83. The number of hydrogen-bond acceptors (Lipinski definition) is 16. The number of aliphatic hydroxyl groups is 2. The first-order chi connectivity index (χ1) is 29.3. The molecule has 0 saturated carbocycles. The summed E-state index contributed by atoms with van der Waals surface area (Å²) in [7, 11) is 0. The number of carboxylic acid groups (broad SMARTS) is 6. The summed E-state index contributed by atoms with van der Waals surface area (Å²) in [4.78, 5) is 101. The van der Waals surface area contributed by atoms with Gasteiger partial charge in [-0.2, -0.15) is 19.2 Å². The number of carbonyl (C=O) groups is 6. The Morgan fingerprint density at radius 3 is 1.11 bits per heavy atom. The van der Waals surface area contributed by atoms with Crippen LogP contribution >= 0.6 is 0 Å². The lowest BCUT2D eigenvalue weighted by Crippen LogP contribution is -2.43. The number of aliphatic carboxylic acids is 6. The quantitative estimate of drug-likeness (QED) is 0.0544. The number of benzene rings is 2. The summed E-state index contributed by atoms with van der Waals surface area (Å²) in [6, 6.07) is 11.8. The van der Waals surface area contributed by atoms with Gasteiger partial charge in [-0.05, 0) is 22.3 Å². The van der Waals surface area contributed by atoms with Crippen LogP contribution < -0.4 is 10.6 Å². The fraction of sp³-hybridized carbons (Fsp3) is 0.400. The molecule has 0 radical (unpaired) electrons. The van der Waals surface area contributed by atoms with Crippen LogP contribution in [0.4, 0.5) is 0 Å². The largest absolute Gasteiger partial charge is 0.481 e. The third kappa shape index (κ3) is 27.1. The fourth-order valence-electron chi connectivity index (χ4n) is 5.42. The van der Waals surface area contributed by atoms with Gasteiger partial charge < -0.3 is 51.5 Å². The summed E-state index contributed by atoms with van der Waals surface area (Å²) in [5, 5.41) is 79.8. The van der Waals surface area contributed by atoms with Gasteiger partial charge in [-0.25, -0.2) is 0 Å². The molecule has 0 amide bonds. The molecule has 0 aliphatic heterocycles. The Labute approximate surface area is 355 Å². The van der Waals surface area contributed by atoms with E-state index in [0.717, 1.165) is 11.1 Å². The molecular formula is C40H52N4O18. The number of rotatable bonds is 28. The van der Waals surface area contributed by atoms with Gasteiger partial charge in [0.1, 0.15) is 12.1 Å². The van der Waals surface area contributed by atoms with Crippen LogP contribution in [0.2, 0.25) is 0 Å². The van der Waals surface area contributed by atoms with Gasteiger partial charge in [0.25, 0.3) is 0 Å². The van der Waals surface area contributed by atoms with Crippen molar-refractivity contribution in [2.24, 2.45) is 0 Å². The van der Waals surface area contributed by atoms with Crippen LogP contribution in [0.25, 0.3) is 12.2 Å². The Morgan fingerprint density at radius 1 is 0.548 bits per heavy atom. The van der Waals surface area contributed by atoms with E-state index in [-0.39, 0.29) is 77.5 Å². The van der Waals surface area contributed by atoms with E-state index in [1.165, 1.54) is 0 Å². The first-order valence-corrected chi connectivity index (χ1v) is 18.3. The minimum atomic E-state index is -1.28. The van der Waals surface area contributed by atoms with E-state index < -0.39 is 72.9 Å². The molecule has 340 valence electrons. The molecule has 0 saturated heterocycles. The number of carbonyl (C=O) groups excluding carboxylic acids is 4. The highest BCUT2D eigenvalue weighted by Crippen LogP contribution is 2.21. The third-order valence-corrected chi connectivity index (χ3v) is 8.29. The third-order valence-electron chi connectivity index (χ3n) is 8.29. The number of nitrogens with zero attached hydrogens (tertiary/aromatic N) is 2. The Morgan fingerprint density at radius 2 is 0.855 bits per heavy atom. The average molecular weight is 877 g/mol. The van der Waals surface area contributed by atoms with E-state index in [0.29, 0.717) is 11.1 Å². The Kier molecular flexibility index (Phi) is 31.5. The fourth-order valence-corrected chi connectivity index (χ4v) is 5.42. The second-order valence-electron chi connectivity index (χ2n) is 12.6. The Bertz CT molecular complexity index is 1680. The van der Waals surface area contributed by atoms with Gasteiger partial charge in [0.05, 0.1) is 37.9 Å². The summed E-state index contributed by atoms with van der Waals surface area (Å²) < 4.78 is 0. The summed E-state index contributed by atoms with van der Waals surface area (Å²) >= 11 is 0. The lowest BCUT2D eigenvalue weighted by atomic mass is 10.0. The molecule has 22 nitrogen and oxygen atoms in total. The highest BCUT2D eigenvalue weighted by molar-refractivity contribution is 5.81. The molecule has 0 aromatic heterocycles. The van der Waals surface area contributed by atoms with Crippen LogP contribution in [0.1, 0.15) is 60.1 Å². The van der Waals surface area contributed by atoms with E-state index in [2.05, 4.69) is 23.8 Å².